The maximum atomic E-state index is 12.0. The number of hydrogen-bond donors (Lipinski definition) is 1. The van der Waals surface area contributed by atoms with Gasteiger partial charge in [-0.2, -0.15) is 0 Å². The number of nitrogens with one attached hydrogen (secondary N) is 1. The third-order valence-corrected chi connectivity index (χ3v) is 3.73. The molecule has 1 atom stereocenters. The van der Waals surface area contributed by atoms with Crippen LogP contribution in [0.3, 0.4) is 0 Å². The van der Waals surface area contributed by atoms with Crippen LogP contribution in [0.4, 0.5) is 0 Å². The fourth-order valence-corrected chi connectivity index (χ4v) is 2.81. The Morgan fingerprint density at radius 1 is 0.917 bits per heavy atom. The predicted molar refractivity (Wildman–Crippen MR) is 96.6 cm³/mol. The van der Waals surface area contributed by atoms with E-state index in [1.807, 2.05) is 20.8 Å². The first-order valence-corrected chi connectivity index (χ1v) is 9.10. The molecule has 5 nitrogen and oxygen atoms in total. The van der Waals surface area contributed by atoms with Gasteiger partial charge in [-0.05, 0) is 38.5 Å². The maximum absolute atomic E-state index is 12.0. The predicted octanol–water partition coefficient (Wildman–Crippen LogP) is 3.42. The minimum atomic E-state index is -0.448. The molecular formula is C19H37NO4. The van der Waals surface area contributed by atoms with E-state index in [-0.39, 0.29) is 17.9 Å². The Hall–Kier alpha value is -1.10. The fraction of sp³-hybridized carbons (Fsp3) is 0.895. The summed E-state index contributed by atoms with van der Waals surface area (Å²) in [4.78, 5) is 23.8. The Bertz CT molecular complexity index is 378. The van der Waals surface area contributed by atoms with E-state index in [0.717, 1.165) is 12.8 Å². The third kappa shape index (κ3) is 10.6. The highest BCUT2D eigenvalue weighted by atomic mass is 16.5. The van der Waals surface area contributed by atoms with E-state index in [9.17, 15) is 9.59 Å². The lowest BCUT2D eigenvalue weighted by atomic mass is 9.84. The molecule has 0 rings (SSSR count). The Labute approximate surface area is 147 Å². The van der Waals surface area contributed by atoms with Crippen molar-refractivity contribution in [2.45, 2.75) is 61.3 Å². The van der Waals surface area contributed by atoms with Gasteiger partial charge in [-0.25, -0.2) is 0 Å². The fourth-order valence-electron chi connectivity index (χ4n) is 2.81. The molecule has 0 amide bonds. The molecule has 0 spiro atoms. The van der Waals surface area contributed by atoms with Crippen LogP contribution in [0.2, 0.25) is 0 Å². The van der Waals surface area contributed by atoms with Gasteiger partial charge in [0, 0.05) is 13.1 Å². The van der Waals surface area contributed by atoms with Crippen molar-refractivity contribution in [2.75, 3.05) is 26.3 Å². The molecule has 1 N–H and O–H groups in total. The van der Waals surface area contributed by atoms with Crippen LogP contribution < -0.4 is 5.32 Å². The molecule has 0 fully saturated rings. The molecule has 0 aliphatic rings. The second kappa shape index (κ2) is 11.5. The molecular weight excluding hydrogens is 306 g/mol. The summed E-state index contributed by atoms with van der Waals surface area (Å²) in [6.45, 7) is 15.9. The molecule has 0 aromatic carbocycles. The minimum absolute atomic E-state index is 0.0610. The number of esters is 2. The van der Waals surface area contributed by atoms with Gasteiger partial charge in [0.2, 0.25) is 0 Å². The van der Waals surface area contributed by atoms with Crippen molar-refractivity contribution in [1.82, 2.24) is 5.32 Å². The lowest BCUT2D eigenvalue weighted by Crippen LogP contribution is -2.32. The zero-order chi connectivity index (χ0) is 18.8. The smallest absolute Gasteiger partial charge is 0.311 e. The summed E-state index contributed by atoms with van der Waals surface area (Å²) in [6, 6.07) is 0. The molecule has 0 aliphatic carbocycles. The molecule has 24 heavy (non-hydrogen) atoms. The van der Waals surface area contributed by atoms with E-state index in [4.69, 9.17) is 9.47 Å². The summed E-state index contributed by atoms with van der Waals surface area (Å²) in [5, 5.41) is 3.11. The molecule has 142 valence electrons. The standard InChI is InChI=1S/C19H37NO4/c1-14(2)12-16(5)17(21)23-10-8-20-9-11-24-18(22)19(6,7)13-15(3)4/h14-16,20H,8-13H2,1-7H3. The number of carbonyl (C=O) groups is 2. The van der Waals surface area contributed by atoms with Crippen molar-refractivity contribution in [3.63, 3.8) is 0 Å². The molecule has 0 aromatic heterocycles. The summed E-state index contributed by atoms with van der Waals surface area (Å²) in [5.41, 5.74) is -0.448. The largest absolute Gasteiger partial charge is 0.464 e. The van der Waals surface area contributed by atoms with Crippen molar-refractivity contribution < 1.29 is 19.1 Å². The highest BCUT2D eigenvalue weighted by Gasteiger charge is 2.29. The Morgan fingerprint density at radius 3 is 1.96 bits per heavy atom. The first-order chi connectivity index (χ1) is 11.1. The van der Waals surface area contributed by atoms with Crippen molar-refractivity contribution in [3.8, 4) is 0 Å². The Morgan fingerprint density at radius 2 is 1.46 bits per heavy atom. The SMILES string of the molecule is CC(C)CC(C)C(=O)OCCNCCOC(=O)C(C)(C)CC(C)C. The molecule has 0 heterocycles. The van der Waals surface area contributed by atoms with Crippen LogP contribution >= 0.6 is 0 Å². The van der Waals surface area contributed by atoms with Gasteiger partial charge in [0.1, 0.15) is 13.2 Å². The molecule has 0 bridgehead atoms. The van der Waals surface area contributed by atoms with Gasteiger partial charge in [0.15, 0.2) is 0 Å². The first-order valence-electron chi connectivity index (χ1n) is 9.10. The van der Waals surface area contributed by atoms with Gasteiger partial charge in [0.05, 0.1) is 11.3 Å². The van der Waals surface area contributed by atoms with Gasteiger partial charge in [-0.1, -0.05) is 34.6 Å². The summed E-state index contributed by atoms with van der Waals surface area (Å²) in [7, 11) is 0. The van der Waals surface area contributed by atoms with Gasteiger partial charge < -0.3 is 14.8 Å². The number of ether oxygens (including phenoxy) is 2. The molecule has 1 unspecified atom stereocenters. The van der Waals surface area contributed by atoms with Crippen LogP contribution in [-0.4, -0.2) is 38.2 Å². The molecule has 5 heteroatoms. The Balaban J connectivity index is 3.74. The Kier molecular flexibility index (Phi) is 10.9. The lowest BCUT2D eigenvalue weighted by molar-refractivity contribution is -0.154. The quantitative estimate of drug-likeness (QED) is 0.434. The summed E-state index contributed by atoms with van der Waals surface area (Å²) >= 11 is 0. The number of rotatable bonds is 12. The van der Waals surface area contributed by atoms with E-state index in [1.54, 1.807) is 0 Å². The average molecular weight is 344 g/mol. The third-order valence-electron chi connectivity index (χ3n) is 3.73. The lowest BCUT2D eigenvalue weighted by Gasteiger charge is -2.24. The van der Waals surface area contributed by atoms with Crippen molar-refractivity contribution in [2.24, 2.45) is 23.2 Å². The summed E-state index contributed by atoms with van der Waals surface area (Å²) in [6.07, 6.45) is 1.65. The van der Waals surface area contributed by atoms with Gasteiger partial charge >= 0.3 is 11.9 Å². The second-order valence-corrected chi connectivity index (χ2v) is 8.07. The topological polar surface area (TPSA) is 64.6 Å². The van der Waals surface area contributed by atoms with Crippen molar-refractivity contribution in [1.29, 1.82) is 0 Å². The summed E-state index contributed by atoms with van der Waals surface area (Å²) < 4.78 is 10.5. The van der Waals surface area contributed by atoms with Crippen LogP contribution in [0.25, 0.3) is 0 Å². The van der Waals surface area contributed by atoms with E-state index < -0.39 is 5.41 Å². The highest BCUT2D eigenvalue weighted by Crippen LogP contribution is 2.26. The zero-order valence-electron chi connectivity index (χ0n) is 16.6. The van der Waals surface area contributed by atoms with Crippen LogP contribution in [0.1, 0.15) is 61.3 Å². The normalized spacial score (nSPS) is 13.2. The van der Waals surface area contributed by atoms with E-state index in [2.05, 4.69) is 33.0 Å². The molecule has 0 aromatic rings. The van der Waals surface area contributed by atoms with Crippen LogP contribution in [0, 0.1) is 23.2 Å². The van der Waals surface area contributed by atoms with E-state index in [0.29, 0.717) is 38.1 Å². The summed E-state index contributed by atoms with van der Waals surface area (Å²) in [5.74, 6) is 0.576. The zero-order valence-corrected chi connectivity index (χ0v) is 16.6. The second-order valence-electron chi connectivity index (χ2n) is 8.07. The van der Waals surface area contributed by atoms with E-state index >= 15 is 0 Å². The van der Waals surface area contributed by atoms with Crippen molar-refractivity contribution in [3.05, 3.63) is 0 Å². The van der Waals surface area contributed by atoms with Gasteiger partial charge in [-0.15, -0.1) is 0 Å². The maximum Gasteiger partial charge on any atom is 0.311 e. The number of hydrogen-bond acceptors (Lipinski definition) is 5. The number of carbonyl (C=O) groups excluding carboxylic acids is 2. The van der Waals surface area contributed by atoms with Crippen molar-refractivity contribution >= 4 is 11.9 Å². The first kappa shape index (κ1) is 22.9. The van der Waals surface area contributed by atoms with Crippen LogP contribution in [0.15, 0.2) is 0 Å². The van der Waals surface area contributed by atoms with E-state index in [1.165, 1.54) is 0 Å². The highest BCUT2D eigenvalue weighted by molar-refractivity contribution is 5.75. The van der Waals surface area contributed by atoms with Crippen LogP contribution in [0.5, 0.6) is 0 Å². The molecule has 0 aliphatic heterocycles. The molecule has 0 saturated heterocycles. The van der Waals surface area contributed by atoms with Gasteiger partial charge in [0.25, 0.3) is 0 Å². The monoisotopic (exact) mass is 343 g/mol. The minimum Gasteiger partial charge on any atom is -0.464 e. The molecule has 0 radical (unpaired) electrons. The van der Waals surface area contributed by atoms with Gasteiger partial charge in [-0.3, -0.25) is 9.59 Å². The molecule has 0 saturated carbocycles. The van der Waals surface area contributed by atoms with Crippen LogP contribution in [-0.2, 0) is 19.1 Å². The average Bonchev–Trinajstić information content (AvgIpc) is 2.43.